The number of carbonyl (C=O) groups excluding carboxylic acids is 1. The molecule has 2 N–H and O–H groups in total. The number of halogens is 2. The molecule has 0 fully saturated rings. The summed E-state index contributed by atoms with van der Waals surface area (Å²) in [7, 11) is 0. The Kier molecular flexibility index (Phi) is 3.93. The zero-order valence-electron chi connectivity index (χ0n) is 8.11. The molecule has 0 aliphatic heterocycles. The van der Waals surface area contributed by atoms with Gasteiger partial charge in [0.1, 0.15) is 0 Å². The number of hydrogen-bond acceptors (Lipinski definition) is 2. The second-order valence-electron chi connectivity index (χ2n) is 3.06. The van der Waals surface area contributed by atoms with Gasteiger partial charge in [-0.05, 0) is 17.7 Å². The van der Waals surface area contributed by atoms with E-state index in [4.69, 9.17) is 5.11 Å². The van der Waals surface area contributed by atoms with Crippen molar-refractivity contribution in [2.24, 2.45) is 0 Å². The Hall–Kier alpha value is -1.98. The fraction of sp³-hybridized carbons (Fsp3) is 0.200. The number of nitrogens with one attached hydrogen (secondary N) is 1. The molecule has 0 saturated carbocycles. The highest BCUT2D eigenvalue weighted by Crippen LogP contribution is 2.11. The van der Waals surface area contributed by atoms with Gasteiger partial charge in [0.05, 0.1) is 6.42 Å². The van der Waals surface area contributed by atoms with Gasteiger partial charge in [-0.1, -0.05) is 12.1 Å². The fourth-order valence-electron chi connectivity index (χ4n) is 1.08. The van der Waals surface area contributed by atoms with E-state index in [1.165, 1.54) is 24.3 Å². The summed E-state index contributed by atoms with van der Waals surface area (Å²) >= 11 is 0. The molecule has 0 radical (unpaired) electrons. The minimum Gasteiger partial charge on any atom is -0.481 e. The molecule has 0 aliphatic carbocycles. The number of carbonyl (C=O) groups is 2. The number of alkyl halides is 2. The summed E-state index contributed by atoms with van der Waals surface area (Å²) in [5.41, 5.74) is 0.738. The molecule has 1 amide bonds. The molecule has 86 valence electrons. The zero-order chi connectivity index (χ0) is 12.1. The monoisotopic (exact) mass is 229 g/mol. The van der Waals surface area contributed by atoms with Gasteiger partial charge >= 0.3 is 12.4 Å². The fourth-order valence-corrected chi connectivity index (χ4v) is 1.08. The second-order valence-corrected chi connectivity index (χ2v) is 3.06. The number of carboxylic acid groups (broad SMARTS) is 1. The lowest BCUT2D eigenvalue weighted by Gasteiger charge is -2.04. The molecule has 0 spiro atoms. The Labute approximate surface area is 89.9 Å². The molecule has 1 rings (SSSR count). The largest absolute Gasteiger partial charge is 0.481 e. The SMILES string of the molecule is O=C(O)Cc1ccc(NC(=O)C(F)F)cc1. The minimum atomic E-state index is -3.07. The number of aliphatic carboxylic acids is 1. The summed E-state index contributed by atoms with van der Waals surface area (Å²) in [5.74, 6) is -2.37. The van der Waals surface area contributed by atoms with Crippen molar-refractivity contribution in [2.45, 2.75) is 12.8 Å². The van der Waals surface area contributed by atoms with Gasteiger partial charge in [-0.15, -0.1) is 0 Å². The lowest BCUT2D eigenvalue weighted by molar-refractivity contribution is -0.136. The Morgan fingerprint density at radius 2 is 1.81 bits per heavy atom. The van der Waals surface area contributed by atoms with Crippen molar-refractivity contribution in [3.8, 4) is 0 Å². The van der Waals surface area contributed by atoms with Gasteiger partial charge in [-0.25, -0.2) is 0 Å². The number of benzene rings is 1. The van der Waals surface area contributed by atoms with Gasteiger partial charge in [0.2, 0.25) is 0 Å². The van der Waals surface area contributed by atoms with Gasteiger partial charge in [0.15, 0.2) is 0 Å². The van der Waals surface area contributed by atoms with Crippen LogP contribution in [0.1, 0.15) is 5.56 Å². The molecule has 0 aromatic heterocycles. The first-order chi connectivity index (χ1) is 7.49. The molecule has 0 atom stereocenters. The Balaban J connectivity index is 2.64. The number of anilines is 1. The van der Waals surface area contributed by atoms with E-state index in [9.17, 15) is 18.4 Å². The average molecular weight is 229 g/mol. The molecule has 0 aliphatic rings. The van der Waals surface area contributed by atoms with E-state index in [-0.39, 0.29) is 12.1 Å². The van der Waals surface area contributed by atoms with Gasteiger partial charge in [-0.3, -0.25) is 9.59 Å². The highest BCUT2D eigenvalue weighted by molar-refractivity contribution is 5.93. The summed E-state index contributed by atoms with van der Waals surface area (Å²) in [5, 5.41) is 10.5. The third kappa shape index (κ3) is 3.64. The van der Waals surface area contributed by atoms with E-state index >= 15 is 0 Å². The maximum Gasteiger partial charge on any atom is 0.315 e. The van der Waals surface area contributed by atoms with Crippen LogP contribution in [0.3, 0.4) is 0 Å². The molecule has 4 nitrogen and oxygen atoms in total. The predicted octanol–water partition coefficient (Wildman–Crippen LogP) is 1.52. The Bertz CT molecular complexity index is 390. The van der Waals surface area contributed by atoms with E-state index in [0.29, 0.717) is 5.56 Å². The number of carboxylic acids is 1. The minimum absolute atomic E-state index is 0.150. The summed E-state index contributed by atoms with van der Waals surface area (Å²) in [6, 6.07) is 5.65. The van der Waals surface area contributed by atoms with Crippen molar-refractivity contribution >= 4 is 17.6 Å². The van der Waals surface area contributed by atoms with Crippen molar-refractivity contribution < 1.29 is 23.5 Å². The lowest BCUT2D eigenvalue weighted by Crippen LogP contribution is -2.19. The molecule has 0 unspecified atom stereocenters. The molecule has 0 saturated heterocycles. The van der Waals surface area contributed by atoms with Crippen LogP contribution in [0.2, 0.25) is 0 Å². The molecule has 0 heterocycles. The summed E-state index contributed by atoms with van der Waals surface area (Å²) in [6.07, 6.45) is -3.22. The van der Waals surface area contributed by atoms with E-state index in [1.807, 2.05) is 5.32 Å². The zero-order valence-corrected chi connectivity index (χ0v) is 8.11. The smallest absolute Gasteiger partial charge is 0.315 e. The first-order valence-corrected chi connectivity index (χ1v) is 4.39. The van der Waals surface area contributed by atoms with Crippen molar-refractivity contribution in [3.05, 3.63) is 29.8 Å². The van der Waals surface area contributed by atoms with Crippen LogP contribution < -0.4 is 5.32 Å². The van der Waals surface area contributed by atoms with Crippen molar-refractivity contribution in [1.82, 2.24) is 0 Å². The van der Waals surface area contributed by atoms with Crippen LogP contribution in [-0.4, -0.2) is 23.4 Å². The first-order valence-electron chi connectivity index (χ1n) is 4.39. The normalized spacial score (nSPS) is 10.2. The van der Waals surface area contributed by atoms with Gasteiger partial charge < -0.3 is 10.4 Å². The van der Waals surface area contributed by atoms with Crippen molar-refractivity contribution in [3.63, 3.8) is 0 Å². The van der Waals surface area contributed by atoms with Gasteiger partial charge in [-0.2, -0.15) is 8.78 Å². The van der Waals surface area contributed by atoms with Crippen LogP contribution >= 0.6 is 0 Å². The quantitative estimate of drug-likeness (QED) is 0.822. The van der Waals surface area contributed by atoms with Crippen molar-refractivity contribution in [1.29, 1.82) is 0 Å². The standard InChI is InChI=1S/C10H9F2NO3/c11-9(12)10(16)13-7-3-1-6(2-4-7)5-8(14)15/h1-4,9H,5H2,(H,13,16)(H,14,15). The summed E-state index contributed by atoms with van der Waals surface area (Å²) < 4.78 is 23.8. The van der Waals surface area contributed by atoms with Gasteiger partial charge in [0, 0.05) is 5.69 Å². The molecule has 6 heteroatoms. The molecular formula is C10H9F2NO3. The van der Waals surface area contributed by atoms with Crippen molar-refractivity contribution in [2.75, 3.05) is 5.32 Å². The molecule has 1 aromatic rings. The molecular weight excluding hydrogens is 220 g/mol. The average Bonchev–Trinajstić information content (AvgIpc) is 2.20. The van der Waals surface area contributed by atoms with Crippen LogP contribution in [0.4, 0.5) is 14.5 Å². The molecule has 16 heavy (non-hydrogen) atoms. The van der Waals surface area contributed by atoms with E-state index in [2.05, 4.69) is 0 Å². The van der Waals surface area contributed by atoms with Crippen LogP contribution in [0.5, 0.6) is 0 Å². The Morgan fingerprint density at radius 3 is 2.25 bits per heavy atom. The third-order valence-corrected chi connectivity index (χ3v) is 1.78. The van der Waals surface area contributed by atoms with Crippen LogP contribution in [0, 0.1) is 0 Å². The van der Waals surface area contributed by atoms with Crippen LogP contribution in [0.25, 0.3) is 0 Å². The maximum atomic E-state index is 11.9. The predicted molar refractivity (Wildman–Crippen MR) is 52.4 cm³/mol. The second kappa shape index (κ2) is 5.20. The van der Waals surface area contributed by atoms with Crippen LogP contribution in [-0.2, 0) is 16.0 Å². The number of amides is 1. The molecule has 1 aromatic carbocycles. The van der Waals surface area contributed by atoms with Gasteiger partial charge in [0.25, 0.3) is 5.91 Å². The van der Waals surface area contributed by atoms with E-state index in [0.717, 1.165) is 0 Å². The summed E-state index contributed by atoms with van der Waals surface area (Å²) in [6.45, 7) is 0. The number of hydrogen-bond donors (Lipinski definition) is 2. The first kappa shape index (κ1) is 12.1. The third-order valence-electron chi connectivity index (χ3n) is 1.78. The molecule has 0 bridgehead atoms. The highest BCUT2D eigenvalue weighted by Gasteiger charge is 2.14. The van der Waals surface area contributed by atoms with E-state index in [1.54, 1.807) is 0 Å². The Morgan fingerprint density at radius 1 is 1.25 bits per heavy atom. The maximum absolute atomic E-state index is 11.9. The number of rotatable bonds is 4. The lowest BCUT2D eigenvalue weighted by atomic mass is 10.1. The highest BCUT2D eigenvalue weighted by atomic mass is 19.3. The summed E-state index contributed by atoms with van der Waals surface area (Å²) in [4.78, 5) is 21.0. The van der Waals surface area contributed by atoms with Crippen LogP contribution in [0.15, 0.2) is 24.3 Å². The van der Waals surface area contributed by atoms with E-state index < -0.39 is 18.3 Å². The topological polar surface area (TPSA) is 66.4 Å².